The maximum absolute atomic E-state index is 12.5. The number of benzene rings is 1. The minimum absolute atomic E-state index is 0.0352. The molecule has 0 spiro atoms. The van der Waals surface area contributed by atoms with Crippen LogP contribution in [0.4, 0.5) is 0 Å². The Labute approximate surface area is 152 Å². The number of hydrogen-bond acceptors (Lipinski definition) is 6. The van der Waals surface area contributed by atoms with Crippen LogP contribution < -0.4 is 14.8 Å². The molecule has 0 bridgehead atoms. The van der Waals surface area contributed by atoms with E-state index >= 15 is 0 Å². The number of nitrogens with one attached hydrogen (secondary N) is 2. The average Bonchev–Trinajstić information content (AvgIpc) is 3.51. The van der Waals surface area contributed by atoms with Crippen LogP contribution in [0.25, 0.3) is 0 Å². The Morgan fingerprint density at radius 2 is 1.81 bits per heavy atom. The van der Waals surface area contributed by atoms with Crippen LogP contribution in [0, 0.1) is 0 Å². The van der Waals surface area contributed by atoms with Gasteiger partial charge in [-0.2, -0.15) is 0 Å². The molecular weight excluding hydrogens is 360 g/mol. The maximum Gasteiger partial charge on any atom is 0.338 e. The molecule has 0 saturated heterocycles. The van der Waals surface area contributed by atoms with Crippen molar-refractivity contribution >= 4 is 21.9 Å². The van der Waals surface area contributed by atoms with Crippen molar-refractivity contribution in [2.45, 2.75) is 55.7 Å². The molecule has 2 aliphatic carbocycles. The first-order valence-electron chi connectivity index (χ1n) is 8.52. The van der Waals surface area contributed by atoms with Gasteiger partial charge in [0.05, 0.1) is 12.7 Å². The van der Waals surface area contributed by atoms with Gasteiger partial charge in [0.1, 0.15) is 10.6 Å². The smallest absolute Gasteiger partial charge is 0.338 e. The highest BCUT2D eigenvalue weighted by atomic mass is 32.2. The summed E-state index contributed by atoms with van der Waals surface area (Å²) >= 11 is 0. The van der Waals surface area contributed by atoms with E-state index in [4.69, 9.17) is 9.47 Å². The van der Waals surface area contributed by atoms with Crippen molar-refractivity contribution in [3.63, 3.8) is 0 Å². The number of esters is 1. The molecule has 0 aliphatic heterocycles. The second kappa shape index (κ2) is 7.24. The molecule has 26 heavy (non-hydrogen) atoms. The third-order valence-corrected chi connectivity index (χ3v) is 5.71. The zero-order chi connectivity index (χ0) is 18.9. The van der Waals surface area contributed by atoms with Crippen molar-refractivity contribution < 1.29 is 27.5 Å². The van der Waals surface area contributed by atoms with Crippen LogP contribution in [0.3, 0.4) is 0 Å². The predicted molar refractivity (Wildman–Crippen MR) is 92.4 cm³/mol. The molecule has 0 heterocycles. The van der Waals surface area contributed by atoms with Crippen LogP contribution in [-0.2, 0) is 19.6 Å². The number of rotatable bonds is 8. The van der Waals surface area contributed by atoms with Gasteiger partial charge >= 0.3 is 5.97 Å². The van der Waals surface area contributed by atoms with Gasteiger partial charge < -0.3 is 14.8 Å². The van der Waals surface area contributed by atoms with Crippen LogP contribution >= 0.6 is 0 Å². The number of sulfonamides is 1. The molecule has 2 fully saturated rings. The van der Waals surface area contributed by atoms with Crippen LogP contribution in [0.5, 0.6) is 5.75 Å². The molecule has 8 nitrogen and oxygen atoms in total. The topological polar surface area (TPSA) is 111 Å². The Hall–Kier alpha value is -2.13. The Morgan fingerprint density at radius 1 is 1.15 bits per heavy atom. The number of carbonyl (C=O) groups is 2. The Kier molecular flexibility index (Phi) is 5.19. The van der Waals surface area contributed by atoms with Gasteiger partial charge in [-0.1, -0.05) is 0 Å². The summed E-state index contributed by atoms with van der Waals surface area (Å²) in [4.78, 5) is 24.1. The second-order valence-corrected chi connectivity index (χ2v) is 8.27. The van der Waals surface area contributed by atoms with Crippen LogP contribution in [-0.4, -0.2) is 45.6 Å². The van der Waals surface area contributed by atoms with Crippen LogP contribution in [0.1, 0.15) is 43.0 Å². The molecule has 2 N–H and O–H groups in total. The Morgan fingerprint density at radius 3 is 2.38 bits per heavy atom. The van der Waals surface area contributed by atoms with Crippen LogP contribution in [0.15, 0.2) is 23.1 Å². The molecule has 3 rings (SSSR count). The lowest BCUT2D eigenvalue weighted by Crippen LogP contribution is -2.37. The number of carbonyl (C=O) groups excluding carboxylic acids is 2. The molecule has 2 saturated carbocycles. The largest absolute Gasteiger partial charge is 0.495 e. The van der Waals surface area contributed by atoms with Crippen molar-refractivity contribution in [3.8, 4) is 5.75 Å². The fourth-order valence-corrected chi connectivity index (χ4v) is 3.83. The molecular formula is C17H22N2O6S. The minimum atomic E-state index is -3.81. The van der Waals surface area contributed by atoms with Crippen molar-refractivity contribution in [3.05, 3.63) is 23.8 Å². The molecule has 2 aliphatic rings. The molecule has 0 aromatic heterocycles. The van der Waals surface area contributed by atoms with E-state index < -0.39 is 22.1 Å². The lowest BCUT2D eigenvalue weighted by Gasteiger charge is -2.15. The number of methoxy groups -OCH3 is 1. The van der Waals surface area contributed by atoms with E-state index in [1.807, 2.05) is 0 Å². The van der Waals surface area contributed by atoms with Crippen molar-refractivity contribution in [1.82, 2.24) is 10.0 Å². The quantitative estimate of drug-likeness (QED) is 0.648. The first-order valence-corrected chi connectivity index (χ1v) is 10.00. The van der Waals surface area contributed by atoms with Gasteiger partial charge in [0.25, 0.3) is 5.91 Å². The monoisotopic (exact) mass is 382 g/mol. The predicted octanol–water partition coefficient (Wildman–Crippen LogP) is 0.960. The molecule has 0 radical (unpaired) electrons. The summed E-state index contributed by atoms with van der Waals surface area (Å²) in [6.45, 7) is 1.48. The van der Waals surface area contributed by atoms with Gasteiger partial charge in [0, 0.05) is 12.1 Å². The Bertz CT molecular complexity index is 815. The summed E-state index contributed by atoms with van der Waals surface area (Å²) in [5, 5.41) is 2.75. The van der Waals surface area contributed by atoms with Gasteiger partial charge in [-0.3, -0.25) is 4.79 Å². The number of ether oxygens (including phenoxy) is 2. The molecule has 142 valence electrons. The van der Waals surface area contributed by atoms with E-state index in [9.17, 15) is 18.0 Å². The highest BCUT2D eigenvalue weighted by Gasteiger charge is 2.31. The zero-order valence-electron chi connectivity index (χ0n) is 14.7. The third-order valence-electron chi connectivity index (χ3n) is 4.16. The van der Waals surface area contributed by atoms with E-state index in [0.717, 1.165) is 25.7 Å². The summed E-state index contributed by atoms with van der Waals surface area (Å²) in [7, 11) is -2.46. The third kappa shape index (κ3) is 4.53. The van der Waals surface area contributed by atoms with E-state index in [0.29, 0.717) is 0 Å². The van der Waals surface area contributed by atoms with Gasteiger partial charge in [-0.15, -0.1) is 0 Å². The number of hydrogen-bond donors (Lipinski definition) is 2. The van der Waals surface area contributed by atoms with Gasteiger partial charge in [-0.05, 0) is 50.8 Å². The summed E-state index contributed by atoms with van der Waals surface area (Å²) in [5.41, 5.74) is 0.0352. The van der Waals surface area contributed by atoms with E-state index in [1.54, 1.807) is 0 Å². The lowest BCUT2D eigenvalue weighted by atomic mass is 10.2. The normalized spacial score (nSPS) is 18.1. The fraction of sp³-hybridized carbons (Fsp3) is 0.529. The van der Waals surface area contributed by atoms with Crippen molar-refractivity contribution in [2.75, 3.05) is 7.11 Å². The number of amides is 1. The zero-order valence-corrected chi connectivity index (χ0v) is 15.5. The van der Waals surface area contributed by atoms with Gasteiger partial charge in [-0.25, -0.2) is 17.9 Å². The van der Waals surface area contributed by atoms with E-state index in [1.165, 1.54) is 32.2 Å². The molecule has 1 aromatic carbocycles. The van der Waals surface area contributed by atoms with Crippen molar-refractivity contribution in [2.24, 2.45) is 0 Å². The maximum atomic E-state index is 12.5. The van der Waals surface area contributed by atoms with Crippen LogP contribution in [0.2, 0.25) is 0 Å². The molecule has 9 heteroatoms. The minimum Gasteiger partial charge on any atom is -0.495 e. The average molecular weight is 382 g/mol. The van der Waals surface area contributed by atoms with E-state index in [2.05, 4.69) is 10.0 Å². The van der Waals surface area contributed by atoms with E-state index in [-0.39, 0.29) is 34.2 Å². The lowest BCUT2D eigenvalue weighted by molar-refractivity contribution is -0.129. The van der Waals surface area contributed by atoms with Gasteiger partial charge in [0.15, 0.2) is 6.10 Å². The first kappa shape index (κ1) is 18.7. The molecule has 1 amide bonds. The van der Waals surface area contributed by atoms with Crippen molar-refractivity contribution in [1.29, 1.82) is 0 Å². The highest BCUT2D eigenvalue weighted by Crippen LogP contribution is 2.28. The Balaban J connectivity index is 1.75. The van der Waals surface area contributed by atoms with Gasteiger partial charge in [0.2, 0.25) is 10.0 Å². The molecule has 1 aromatic rings. The highest BCUT2D eigenvalue weighted by molar-refractivity contribution is 7.89. The molecule has 1 atom stereocenters. The summed E-state index contributed by atoms with van der Waals surface area (Å²) in [6, 6.07) is 4.09. The fourth-order valence-electron chi connectivity index (χ4n) is 2.33. The molecule has 1 unspecified atom stereocenters. The SMILES string of the molecule is COc1ccc(C(=O)OC(C)C(=O)NC2CC2)cc1S(=O)(=O)NC1CC1. The second-order valence-electron chi connectivity index (χ2n) is 6.59. The summed E-state index contributed by atoms with van der Waals surface area (Å²) in [6.07, 6.45) is 2.48. The summed E-state index contributed by atoms with van der Waals surface area (Å²) < 4.78 is 37.8. The first-order chi connectivity index (χ1) is 12.3. The standard InChI is InChI=1S/C17H22N2O6S/c1-10(16(20)18-12-4-5-12)25-17(21)11-3-8-14(24-2)15(9-11)26(22,23)19-13-6-7-13/h3,8-10,12-13,19H,4-7H2,1-2H3,(H,18,20). The summed E-state index contributed by atoms with van der Waals surface area (Å²) in [5.74, 6) is -0.999.